The van der Waals surface area contributed by atoms with Crippen molar-refractivity contribution >= 4 is 0 Å². The summed E-state index contributed by atoms with van der Waals surface area (Å²) in [6, 6.07) is 12.2. The van der Waals surface area contributed by atoms with Crippen molar-refractivity contribution in [3.8, 4) is 17.2 Å². The van der Waals surface area contributed by atoms with Crippen LogP contribution in [0.15, 0.2) is 36.4 Å². The molecular formula is C23H30N2O4. The van der Waals surface area contributed by atoms with Crippen LogP contribution in [0.3, 0.4) is 0 Å². The summed E-state index contributed by atoms with van der Waals surface area (Å²) in [5.74, 6) is 2.53. The molecule has 6 heteroatoms. The van der Waals surface area contributed by atoms with Crippen molar-refractivity contribution in [2.24, 2.45) is 0 Å². The van der Waals surface area contributed by atoms with Gasteiger partial charge in [-0.25, -0.2) is 0 Å². The van der Waals surface area contributed by atoms with Crippen LogP contribution in [0.1, 0.15) is 16.7 Å². The van der Waals surface area contributed by atoms with E-state index >= 15 is 0 Å². The second kappa shape index (κ2) is 9.03. The molecule has 2 aliphatic heterocycles. The number of aliphatic hydroxyl groups is 1. The van der Waals surface area contributed by atoms with Gasteiger partial charge in [0, 0.05) is 39.3 Å². The quantitative estimate of drug-likeness (QED) is 0.774. The zero-order valence-corrected chi connectivity index (χ0v) is 17.3. The largest absolute Gasteiger partial charge is 0.491 e. The fourth-order valence-corrected chi connectivity index (χ4v) is 3.84. The standard InChI is InChI=1S/C23H30N2O4/c1-17-4-3-5-21(18(17)2)27-15-20(26)14-25-10-8-24(9-11-25)13-19-6-7-22-23(12-19)29-16-28-22/h3-7,12,20,26H,8-11,13-16H2,1-2H3/t20-/m1/s1. The first-order chi connectivity index (χ1) is 14.1. The molecule has 2 aromatic carbocycles. The van der Waals surface area contributed by atoms with Crippen LogP contribution in [0, 0.1) is 13.8 Å². The molecule has 0 bridgehead atoms. The number of rotatable bonds is 7. The lowest BCUT2D eigenvalue weighted by molar-refractivity contribution is 0.0444. The molecule has 0 aliphatic carbocycles. The molecule has 4 rings (SSSR count). The molecule has 0 saturated carbocycles. The van der Waals surface area contributed by atoms with Gasteiger partial charge in [0.1, 0.15) is 18.5 Å². The van der Waals surface area contributed by atoms with Gasteiger partial charge in [0.25, 0.3) is 0 Å². The number of β-amino-alcohol motifs (C(OH)–C–C–N with tert-alkyl or cyclic N) is 1. The lowest BCUT2D eigenvalue weighted by atomic mass is 10.1. The maximum absolute atomic E-state index is 10.4. The summed E-state index contributed by atoms with van der Waals surface area (Å²) in [5.41, 5.74) is 3.58. The predicted octanol–water partition coefficient (Wildman–Crippen LogP) is 2.59. The van der Waals surface area contributed by atoms with Crippen molar-refractivity contribution < 1.29 is 19.3 Å². The van der Waals surface area contributed by atoms with Crippen molar-refractivity contribution in [2.75, 3.05) is 46.1 Å². The molecule has 1 N–H and O–H groups in total. The van der Waals surface area contributed by atoms with E-state index < -0.39 is 6.10 Å². The highest BCUT2D eigenvalue weighted by Gasteiger charge is 2.21. The van der Waals surface area contributed by atoms with Crippen molar-refractivity contribution in [3.05, 3.63) is 53.1 Å². The van der Waals surface area contributed by atoms with Gasteiger partial charge in [-0.1, -0.05) is 18.2 Å². The van der Waals surface area contributed by atoms with E-state index in [0.29, 0.717) is 19.9 Å². The minimum absolute atomic E-state index is 0.312. The lowest BCUT2D eigenvalue weighted by Gasteiger charge is -2.35. The SMILES string of the molecule is Cc1cccc(OC[C@H](O)CN2CCN(Cc3ccc4c(c3)OCO4)CC2)c1C. The van der Waals surface area contributed by atoms with Gasteiger partial charge < -0.3 is 19.3 Å². The molecule has 1 fully saturated rings. The molecule has 1 atom stereocenters. The molecule has 6 nitrogen and oxygen atoms in total. The number of piperazine rings is 1. The van der Waals surface area contributed by atoms with Gasteiger partial charge in [-0.2, -0.15) is 0 Å². The Morgan fingerprint density at radius 1 is 1.00 bits per heavy atom. The number of fused-ring (bicyclic) bond motifs is 1. The lowest BCUT2D eigenvalue weighted by Crippen LogP contribution is -2.48. The van der Waals surface area contributed by atoms with Crippen LogP contribution in [0.4, 0.5) is 0 Å². The molecule has 2 heterocycles. The molecule has 0 unspecified atom stereocenters. The molecule has 2 aliphatic rings. The summed E-state index contributed by atoms with van der Waals surface area (Å²) in [7, 11) is 0. The summed E-state index contributed by atoms with van der Waals surface area (Å²) < 4.78 is 16.7. The van der Waals surface area contributed by atoms with Crippen LogP contribution in [0.2, 0.25) is 0 Å². The van der Waals surface area contributed by atoms with Crippen LogP contribution >= 0.6 is 0 Å². The second-order valence-corrected chi connectivity index (χ2v) is 7.93. The molecule has 0 spiro atoms. The molecule has 0 amide bonds. The van der Waals surface area contributed by atoms with E-state index in [0.717, 1.165) is 55.5 Å². The molecule has 2 aromatic rings. The van der Waals surface area contributed by atoms with E-state index in [9.17, 15) is 5.11 Å². The zero-order valence-electron chi connectivity index (χ0n) is 17.3. The monoisotopic (exact) mass is 398 g/mol. The number of hydrogen-bond acceptors (Lipinski definition) is 6. The number of benzene rings is 2. The Morgan fingerprint density at radius 3 is 2.59 bits per heavy atom. The minimum Gasteiger partial charge on any atom is -0.491 e. The number of hydrogen-bond donors (Lipinski definition) is 1. The smallest absolute Gasteiger partial charge is 0.231 e. The van der Waals surface area contributed by atoms with Crippen molar-refractivity contribution in [1.29, 1.82) is 0 Å². The highest BCUT2D eigenvalue weighted by molar-refractivity contribution is 5.44. The van der Waals surface area contributed by atoms with Gasteiger partial charge in [0.15, 0.2) is 11.5 Å². The summed E-state index contributed by atoms with van der Waals surface area (Å²) in [6.07, 6.45) is -0.490. The van der Waals surface area contributed by atoms with Crippen LogP contribution in [0.5, 0.6) is 17.2 Å². The number of nitrogens with zero attached hydrogens (tertiary/aromatic N) is 2. The fraction of sp³-hybridized carbons (Fsp3) is 0.478. The predicted molar refractivity (Wildman–Crippen MR) is 112 cm³/mol. The first kappa shape index (κ1) is 20.0. The summed E-state index contributed by atoms with van der Waals surface area (Å²) in [4.78, 5) is 4.75. The Bertz CT molecular complexity index is 834. The highest BCUT2D eigenvalue weighted by atomic mass is 16.7. The van der Waals surface area contributed by atoms with E-state index in [1.54, 1.807) is 0 Å². The van der Waals surface area contributed by atoms with Crippen molar-refractivity contribution in [2.45, 2.75) is 26.5 Å². The second-order valence-electron chi connectivity index (χ2n) is 7.93. The fourth-order valence-electron chi connectivity index (χ4n) is 3.84. The Kier molecular flexibility index (Phi) is 6.23. The first-order valence-corrected chi connectivity index (χ1v) is 10.3. The van der Waals surface area contributed by atoms with Gasteiger partial charge in [-0.3, -0.25) is 9.80 Å². The summed E-state index contributed by atoms with van der Waals surface area (Å²) in [6.45, 7) is 10.2. The van der Waals surface area contributed by atoms with Crippen LogP contribution in [-0.4, -0.2) is 67.1 Å². The summed E-state index contributed by atoms with van der Waals surface area (Å²) >= 11 is 0. The molecule has 156 valence electrons. The van der Waals surface area contributed by atoms with E-state index in [1.807, 2.05) is 18.2 Å². The first-order valence-electron chi connectivity index (χ1n) is 10.3. The topological polar surface area (TPSA) is 54.4 Å². The van der Waals surface area contributed by atoms with Gasteiger partial charge >= 0.3 is 0 Å². The highest BCUT2D eigenvalue weighted by Crippen LogP contribution is 2.32. The van der Waals surface area contributed by atoms with Crippen LogP contribution < -0.4 is 14.2 Å². The third-order valence-electron chi connectivity index (χ3n) is 5.76. The van der Waals surface area contributed by atoms with E-state index in [1.165, 1.54) is 11.1 Å². The summed E-state index contributed by atoms with van der Waals surface area (Å²) in [5, 5.41) is 10.4. The van der Waals surface area contributed by atoms with Crippen LogP contribution in [0.25, 0.3) is 0 Å². The average molecular weight is 399 g/mol. The minimum atomic E-state index is -0.490. The average Bonchev–Trinajstić information content (AvgIpc) is 3.18. The number of aliphatic hydroxyl groups excluding tert-OH is 1. The van der Waals surface area contributed by atoms with Gasteiger partial charge in [-0.15, -0.1) is 0 Å². The molecule has 0 aromatic heterocycles. The Hall–Kier alpha value is -2.28. The molecule has 1 saturated heterocycles. The van der Waals surface area contributed by atoms with Crippen LogP contribution in [-0.2, 0) is 6.54 Å². The van der Waals surface area contributed by atoms with Gasteiger partial charge in [0.2, 0.25) is 6.79 Å². The zero-order chi connectivity index (χ0) is 20.2. The van der Waals surface area contributed by atoms with E-state index in [-0.39, 0.29) is 0 Å². The third kappa shape index (κ3) is 5.01. The Morgan fingerprint density at radius 2 is 1.76 bits per heavy atom. The third-order valence-corrected chi connectivity index (χ3v) is 5.76. The Labute approximate surface area is 172 Å². The molecule has 29 heavy (non-hydrogen) atoms. The van der Waals surface area contributed by atoms with Gasteiger partial charge in [0.05, 0.1) is 0 Å². The molecular weight excluding hydrogens is 368 g/mol. The molecule has 0 radical (unpaired) electrons. The normalized spacial score (nSPS) is 18.0. The number of ether oxygens (including phenoxy) is 3. The Balaban J connectivity index is 1.20. The van der Waals surface area contributed by atoms with E-state index in [2.05, 4.69) is 41.8 Å². The maximum atomic E-state index is 10.4. The van der Waals surface area contributed by atoms with Gasteiger partial charge in [-0.05, 0) is 48.7 Å². The number of aryl methyl sites for hydroxylation is 1. The van der Waals surface area contributed by atoms with Crippen molar-refractivity contribution in [1.82, 2.24) is 9.80 Å². The van der Waals surface area contributed by atoms with Crippen molar-refractivity contribution in [3.63, 3.8) is 0 Å². The maximum Gasteiger partial charge on any atom is 0.231 e. The van der Waals surface area contributed by atoms with E-state index in [4.69, 9.17) is 14.2 Å².